The normalized spacial score (nSPS) is 10.3. The van der Waals surface area contributed by atoms with Crippen molar-refractivity contribution in [1.29, 1.82) is 0 Å². The average Bonchev–Trinajstić information content (AvgIpc) is 2.15. The molecular formula is C6H11N3O. The van der Waals surface area contributed by atoms with Crippen molar-refractivity contribution in [3.05, 3.63) is 12.3 Å². The third-order valence-corrected chi connectivity index (χ3v) is 0.990. The standard InChI is InChI=1S/C6H11N3O/c1-5(2)10-6-3-4-8-9(6)7/h3-5H,7H2,1-2H3. The van der Waals surface area contributed by atoms with Crippen LogP contribution in [0.15, 0.2) is 12.3 Å². The highest BCUT2D eigenvalue weighted by Gasteiger charge is 2.00. The van der Waals surface area contributed by atoms with E-state index in [2.05, 4.69) is 5.10 Å². The van der Waals surface area contributed by atoms with E-state index in [0.717, 1.165) is 0 Å². The van der Waals surface area contributed by atoms with Gasteiger partial charge < -0.3 is 10.6 Å². The van der Waals surface area contributed by atoms with Crippen molar-refractivity contribution < 1.29 is 4.74 Å². The number of hydrogen-bond acceptors (Lipinski definition) is 3. The Morgan fingerprint density at radius 1 is 1.70 bits per heavy atom. The first-order chi connectivity index (χ1) is 4.70. The van der Waals surface area contributed by atoms with Gasteiger partial charge in [-0.3, -0.25) is 0 Å². The molecule has 4 heteroatoms. The van der Waals surface area contributed by atoms with Gasteiger partial charge in [0.1, 0.15) is 0 Å². The molecule has 0 fully saturated rings. The first-order valence-corrected chi connectivity index (χ1v) is 3.16. The van der Waals surface area contributed by atoms with Crippen molar-refractivity contribution in [3.63, 3.8) is 0 Å². The van der Waals surface area contributed by atoms with Crippen molar-refractivity contribution in [1.82, 2.24) is 9.89 Å². The number of nitrogens with zero attached hydrogens (tertiary/aromatic N) is 2. The molecule has 0 amide bonds. The zero-order valence-corrected chi connectivity index (χ0v) is 6.11. The lowest BCUT2D eigenvalue weighted by atomic mass is 10.5. The Morgan fingerprint density at radius 3 is 2.80 bits per heavy atom. The molecule has 1 aromatic rings. The van der Waals surface area contributed by atoms with Gasteiger partial charge in [-0.25, -0.2) is 0 Å². The van der Waals surface area contributed by atoms with Crippen LogP contribution < -0.4 is 10.6 Å². The molecule has 0 aromatic carbocycles. The monoisotopic (exact) mass is 141 g/mol. The Morgan fingerprint density at radius 2 is 2.40 bits per heavy atom. The fourth-order valence-corrected chi connectivity index (χ4v) is 0.637. The molecule has 0 saturated heterocycles. The van der Waals surface area contributed by atoms with Crippen molar-refractivity contribution in [2.45, 2.75) is 20.0 Å². The van der Waals surface area contributed by atoms with E-state index < -0.39 is 0 Å². The smallest absolute Gasteiger partial charge is 0.232 e. The van der Waals surface area contributed by atoms with Gasteiger partial charge in [-0.15, -0.1) is 4.79 Å². The summed E-state index contributed by atoms with van der Waals surface area (Å²) >= 11 is 0. The van der Waals surface area contributed by atoms with Gasteiger partial charge in [0.05, 0.1) is 12.3 Å². The predicted octanol–water partition coefficient (Wildman–Crippen LogP) is 0.384. The van der Waals surface area contributed by atoms with E-state index in [1.165, 1.54) is 4.79 Å². The second-order valence-corrected chi connectivity index (χ2v) is 2.28. The minimum Gasteiger partial charge on any atom is -0.474 e. The van der Waals surface area contributed by atoms with Crippen LogP contribution in [0.5, 0.6) is 5.88 Å². The van der Waals surface area contributed by atoms with Gasteiger partial charge in [0.25, 0.3) is 0 Å². The molecule has 0 spiro atoms. The van der Waals surface area contributed by atoms with Crippen LogP contribution >= 0.6 is 0 Å². The van der Waals surface area contributed by atoms with Gasteiger partial charge >= 0.3 is 0 Å². The van der Waals surface area contributed by atoms with E-state index in [4.69, 9.17) is 10.6 Å². The van der Waals surface area contributed by atoms with Crippen LogP contribution in [0.1, 0.15) is 13.8 Å². The minimum absolute atomic E-state index is 0.138. The van der Waals surface area contributed by atoms with Gasteiger partial charge in [-0.1, -0.05) is 0 Å². The van der Waals surface area contributed by atoms with E-state index in [1.807, 2.05) is 13.8 Å². The Kier molecular flexibility index (Phi) is 1.80. The lowest BCUT2D eigenvalue weighted by Gasteiger charge is -2.07. The summed E-state index contributed by atoms with van der Waals surface area (Å²) in [5, 5.41) is 3.74. The fourth-order valence-electron chi connectivity index (χ4n) is 0.637. The van der Waals surface area contributed by atoms with Gasteiger partial charge in [0.15, 0.2) is 0 Å². The zero-order valence-electron chi connectivity index (χ0n) is 6.11. The van der Waals surface area contributed by atoms with E-state index >= 15 is 0 Å². The van der Waals surface area contributed by atoms with Crippen molar-refractivity contribution in [2.75, 3.05) is 5.84 Å². The van der Waals surface area contributed by atoms with Crippen molar-refractivity contribution >= 4 is 0 Å². The highest BCUT2D eigenvalue weighted by Crippen LogP contribution is 2.06. The quantitative estimate of drug-likeness (QED) is 0.606. The Hall–Kier alpha value is -1.19. The third kappa shape index (κ3) is 1.40. The number of rotatable bonds is 2. The second-order valence-electron chi connectivity index (χ2n) is 2.28. The van der Waals surface area contributed by atoms with E-state index in [9.17, 15) is 0 Å². The molecule has 1 aromatic heterocycles. The molecule has 2 N–H and O–H groups in total. The maximum absolute atomic E-state index is 5.37. The first-order valence-electron chi connectivity index (χ1n) is 3.16. The molecule has 0 saturated carbocycles. The summed E-state index contributed by atoms with van der Waals surface area (Å²) in [7, 11) is 0. The van der Waals surface area contributed by atoms with Crippen molar-refractivity contribution in [2.24, 2.45) is 0 Å². The van der Waals surface area contributed by atoms with Gasteiger partial charge in [0.2, 0.25) is 5.88 Å². The number of aromatic nitrogens is 2. The topological polar surface area (TPSA) is 53.1 Å². The SMILES string of the molecule is CC(C)Oc1ccnn1N. The molecule has 0 radical (unpaired) electrons. The van der Waals surface area contributed by atoms with E-state index in [1.54, 1.807) is 12.3 Å². The maximum atomic E-state index is 5.37. The van der Waals surface area contributed by atoms with Crippen LogP contribution in [0.3, 0.4) is 0 Å². The number of nitrogens with two attached hydrogens (primary N) is 1. The number of nitrogen functional groups attached to an aromatic ring is 1. The summed E-state index contributed by atoms with van der Waals surface area (Å²) in [6, 6.07) is 1.72. The van der Waals surface area contributed by atoms with Crippen LogP contribution in [0.2, 0.25) is 0 Å². The Bertz CT molecular complexity index is 207. The van der Waals surface area contributed by atoms with E-state index in [0.29, 0.717) is 5.88 Å². The third-order valence-electron chi connectivity index (χ3n) is 0.990. The van der Waals surface area contributed by atoms with Crippen LogP contribution in [0.4, 0.5) is 0 Å². The minimum atomic E-state index is 0.138. The molecule has 56 valence electrons. The highest BCUT2D eigenvalue weighted by atomic mass is 16.5. The first kappa shape index (κ1) is 6.92. The maximum Gasteiger partial charge on any atom is 0.232 e. The summed E-state index contributed by atoms with van der Waals surface area (Å²) in [6.07, 6.45) is 1.73. The van der Waals surface area contributed by atoms with Crippen LogP contribution in [0.25, 0.3) is 0 Å². The summed E-state index contributed by atoms with van der Waals surface area (Å²) < 4.78 is 5.26. The van der Waals surface area contributed by atoms with E-state index in [-0.39, 0.29) is 6.10 Å². The second kappa shape index (κ2) is 2.60. The molecule has 4 nitrogen and oxygen atoms in total. The lowest BCUT2D eigenvalue weighted by Crippen LogP contribution is -2.15. The van der Waals surface area contributed by atoms with Gasteiger partial charge in [0, 0.05) is 6.07 Å². The summed E-state index contributed by atoms with van der Waals surface area (Å²) in [4.78, 5) is 1.21. The van der Waals surface area contributed by atoms with Crippen LogP contribution in [-0.4, -0.2) is 16.0 Å². The number of ether oxygens (including phenoxy) is 1. The lowest BCUT2D eigenvalue weighted by molar-refractivity contribution is 0.224. The number of hydrogen-bond donors (Lipinski definition) is 1. The zero-order chi connectivity index (χ0) is 7.56. The molecule has 10 heavy (non-hydrogen) atoms. The average molecular weight is 141 g/mol. The highest BCUT2D eigenvalue weighted by molar-refractivity contribution is 5.07. The molecule has 1 rings (SSSR count). The van der Waals surface area contributed by atoms with Crippen molar-refractivity contribution in [3.8, 4) is 5.88 Å². The Balaban J connectivity index is 2.65. The molecule has 0 aliphatic carbocycles. The molecule has 0 aliphatic heterocycles. The molecule has 0 bridgehead atoms. The van der Waals surface area contributed by atoms with Gasteiger partial charge in [-0.2, -0.15) is 5.10 Å². The van der Waals surface area contributed by atoms with Crippen LogP contribution in [-0.2, 0) is 0 Å². The molecule has 0 atom stereocenters. The molecular weight excluding hydrogens is 130 g/mol. The largest absolute Gasteiger partial charge is 0.474 e. The molecule has 1 heterocycles. The Labute approximate surface area is 59.6 Å². The summed E-state index contributed by atoms with van der Waals surface area (Å²) in [6.45, 7) is 3.88. The molecule has 0 unspecified atom stereocenters. The molecule has 0 aliphatic rings. The fraction of sp³-hybridized carbons (Fsp3) is 0.500. The predicted molar refractivity (Wildman–Crippen MR) is 38.1 cm³/mol. The summed E-state index contributed by atoms with van der Waals surface area (Å²) in [5.41, 5.74) is 0. The van der Waals surface area contributed by atoms with Crippen LogP contribution in [0, 0.1) is 0 Å². The van der Waals surface area contributed by atoms with Gasteiger partial charge in [-0.05, 0) is 13.8 Å². The summed E-state index contributed by atoms with van der Waals surface area (Å²) in [5.74, 6) is 5.96.